The van der Waals surface area contributed by atoms with E-state index in [4.69, 9.17) is 27.9 Å². The quantitative estimate of drug-likeness (QED) is 0.634. The first-order chi connectivity index (χ1) is 13.5. The monoisotopic (exact) mass is 420 g/mol. The molecule has 0 radical (unpaired) electrons. The van der Waals surface area contributed by atoms with Crippen LogP contribution in [0.25, 0.3) is 0 Å². The number of anilines is 2. The maximum absolute atomic E-state index is 12.5. The number of nitrogens with zero attached hydrogens (tertiary/aromatic N) is 1. The van der Waals surface area contributed by atoms with Gasteiger partial charge in [-0.2, -0.15) is 0 Å². The number of amides is 2. The second kappa shape index (κ2) is 9.30. The third-order valence-electron chi connectivity index (χ3n) is 4.62. The number of hydrogen-bond donors (Lipinski definition) is 1. The van der Waals surface area contributed by atoms with E-state index in [0.717, 1.165) is 11.3 Å². The van der Waals surface area contributed by atoms with Gasteiger partial charge in [-0.3, -0.25) is 9.59 Å². The molecule has 1 N–H and O–H groups in total. The van der Waals surface area contributed by atoms with Gasteiger partial charge in [-0.15, -0.1) is 0 Å². The Morgan fingerprint density at radius 1 is 1.18 bits per heavy atom. The molecule has 0 atom stereocenters. The summed E-state index contributed by atoms with van der Waals surface area (Å²) >= 11 is 12.5. The molecular formula is C21H22Cl2N2O3. The Morgan fingerprint density at radius 2 is 1.93 bits per heavy atom. The van der Waals surface area contributed by atoms with Crippen molar-refractivity contribution in [1.29, 1.82) is 0 Å². The fraction of sp³-hybridized carbons (Fsp3) is 0.333. The molecule has 0 aliphatic carbocycles. The van der Waals surface area contributed by atoms with E-state index in [9.17, 15) is 9.59 Å². The smallest absolute Gasteiger partial charge is 0.227 e. The highest BCUT2D eigenvalue weighted by atomic mass is 35.5. The van der Waals surface area contributed by atoms with Crippen LogP contribution >= 0.6 is 23.2 Å². The van der Waals surface area contributed by atoms with E-state index in [-0.39, 0.29) is 11.8 Å². The predicted octanol–water partition coefficient (Wildman–Crippen LogP) is 5.09. The van der Waals surface area contributed by atoms with Crippen molar-refractivity contribution in [3.8, 4) is 5.75 Å². The first kappa shape index (κ1) is 20.5. The molecule has 1 aliphatic rings. The normalized spacial score (nSPS) is 12.9. The summed E-state index contributed by atoms with van der Waals surface area (Å²) < 4.78 is 5.88. The SMILES string of the molecule is CCN(C(=O)CCCOc1c(Cl)cc(Cl)c2c1CCC(=O)N2)c1ccccc1. The number of ether oxygens (including phenoxy) is 1. The van der Waals surface area contributed by atoms with Crippen molar-refractivity contribution in [2.45, 2.75) is 32.6 Å². The first-order valence-electron chi connectivity index (χ1n) is 9.30. The van der Waals surface area contributed by atoms with Crippen LogP contribution in [0.1, 0.15) is 31.7 Å². The third-order valence-corrected chi connectivity index (χ3v) is 5.20. The molecule has 7 heteroatoms. The van der Waals surface area contributed by atoms with E-state index >= 15 is 0 Å². The number of carbonyl (C=O) groups excluding carboxylic acids is 2. The van der Waals surface area contributed by atoms with Crippen LogP contribution in [-0.4, -0.2) is 25.0 Å². The van der Waals surface area contributed by atoms with Gasteiger partial charge in [0.1, 0.15) is 5.75 Å². The average Bonchev–Trinajstić information content (AvgIpc) is 2.69. The van der Waals surface area contributed by atoms with Crippen molar-refractivity contribution < 1.29 is 14.3 Å². The highest BCUT2D eigenvalue weighted by Crippen LogP contribution is 2.42. The van der Waals surface area contributed by atoms with E-state index in [0.29, 0.717) is 60.3 Å². The van der Waals surface area contributed by atoms with Crippen molar-refractivity contribution >= 4 is 46.4 Å². The highest BCUT2D eigenvalue weighted by molar-refractivity contribution is 6.38. The van der Waals surface area contributed by atoms with Crippen LogP contribution < -0.4 is 15.0 Å². The number of para-hydroxylation sites is 1. The van der Waals surface area contributed by atoms with Gasteiger partial charge in [-0.05, 0) is 38.0 Å². The molecule has 0 spiro atoms. The van der Waals surface area contributed by atoms with Gasteiger partial charge in [0.2, 0.25) is 11.8 Å². The van der Waals surface area contributed by atoms with Gasteiger partial charge in [0.05, 0.1) is 22.3 Å². The van der Waals surface area contributed by atoms with Crippen molar-refractivity contribution in [1.82, 2.24) is 0 Å². The number of carbonyl (C=O) groups is 2. The zero-order valence-electron chi connectivity index (χ0n) is 15.6. The molecule has 0 saturated heterocycles. The fourth-order valence-electron chi connectivity index (χ4n) is 3.26. The third kappa shape index (κ3) is 4.59. The van der Waals surface area contributed by atoms with E-state index in [2.05, 4.69) is 5.32 Å². The molecule has 5 nitrogen and oxygen atoms in total. The summed E-state index contributed by atoms with van der Waals surface area (Å²) in [5.74, 6) is 0.506. The Morgan fingerprint density at radius 3 is 2.64 bits per heavy atom. The Balaban J connectivity index is 1.60. The molecule has 0 unspecified atom stereocenters. The molecule has 2 amide bonds. The van der Waals surface area contributed by atoms with Gasteiger partial charge < -0.3 is 15.0 Å². The molecule has 0 saturated carbocycles. The van der Waals surface area contributed by atoms with Crippen LogP contribution in [0.15, 0.2) is 36.4 Å². The minimum absolute atomic E-state index is 0.0498. The van der Waals surface area contributed by atoms with Gasteiger partial charge in [0.15, 0.2) is 0 Å². The van der Waals surface area contributed by atoms with Crippen molar-refractivity contribution in [2.75, 3.05) is 23.4 Å². The minimum Gasteiger partial charge on any atom is -0.492 e. The lowest BCUT2D eigenvalue weighted by atomic mass is 10.0. The molecule has 2 aromatic carbocycles. The summed E-state index contributed by atoms with van der Waals surface area (Å²) in [4.78, 5) is 25.9. The standard InChI is InChI=1S/C21H22Cl2N2O3/c1-2-25(14-7-4-3-5-8-14)19(27)9-6-12-28-21-15-10-11-18(26)24-20(15)16(22)13-17(21)23/h3-5,7-8,13H,2,6,9-12H2,1H3,(H,24,26). The number of benzene rings is 2. The Hall–Kier alpha value is -2.24. The summed E-state index contributed by atoms with van der Waals surface area (Å²) in [5, 5.41) is 3.58. The van der Waals surface area contributed by atoms with Gasteiger partial charge in [0.25, 0.3) is 0 Å². The lowest BCUT2D eigenvalue weighted by molar-refractivity contribution is -0.119. The van der Waals surface area contributed by atoms with Crippen LogP contribution in [0.4, 0.5) is 11.4 Å². The van der Waals surface area contributed by atoms with Crippen LogP contribution in [-0.2, 0) is 16.0 Å². The molecule has 2 aromatic rings. The predicted molar refractivity (Wildman–Crippen MR) is 113 cm³/mol. The summed E-state index contributed by atoms with van der Waals surface area (Å²) in [6.07, 6.45) is 1.81. The number of halogens is 2. The van der Waals surface area contributed by atoms with E-state index in [1.807, 2.05) is 37.3 Å². The molecule has 28 heavy (non-hydrogen) atoms. The topological polar surface area (TPSA) is 58.6 Å². The fourth-order valence-corrected chi connectivity index (χ4v) is 3.87. The van der Waals surface area contributed by atoms with Gasteiger partial charge in [0, 0.05) is 30.6 Å². The molecule has 1 heterocycles. The first-order valence-corrected chi connectivity index (χ1v) is 10.1. The van der Waals surface area contributed by atoms with Crippen molar-refractivity contribution in [3.05, 3.63) is 52.0 Å². The number of rotatable bonds is 7. The molecule has 148 valence electrons. The summed E-state index contributed by atoms with van der Waals surface area (Å²) in [6, 6.07) is 11.2. The van der Waals surface area contributed by atoms with Crippen molar-refractivity contribution in [2.24, 2.45) is 0 Å². The summed E-state index contributed by atoms with van der Waals surface area (Å²) in [7, 11) is 0. The van der Waals surface area contributed by atoms with Gasteiger partial charge in [-0.1, -0.05) is 41.4 Å². The van der Waals surface area contributed by atoms with Crippen LogP contribution in [0.3, 0.4) is 0 Å². The maximum Gasteiger partial charge on any atom is 0.227 e. The van der Waals surface area contributed by atoms with E-state index in [1.165, 1.54) is 0 Å². The van der Waals surface area contributed by atoms with E-state index in [1.54, 1.807) is 11.0 Å². The second-order valence-corrected chi connectivity index (χ2v) is 7.31. The lowest BCUT2D eigenvalue weighted by Gasteiger charge is -2.23. The zero-order chi connectivity index (χ0) is 20.1. The summed E-state index contributed by atoms with van der Waals surface area (Å²) in [5.41, 5.74) is 2.26. The minimum atomic E-state index is -0.0751. The van der Waals surface area contributed by atoms with Gasteiger partial charge in [-0.25, -0.2) is 0 Å². The molecule has 0 aromatic heterocycles. The lowest BCUT2D eigenvalue weighted by Crippen LogP contribution is -2.30. The number of nitrogens with one attached hydrogen (secondary N) is 1. The average molecular weight is 421 g/mol. The van der Waals surface area contributed by atoms with Crippen LogP contribution in [0.2, 0.25) is 10.0 Å². The molecular weight excluding hydrogens is 399 g/mol. The van der Waals surface area contributed by atoms with Crippen molar-refractivity contribution in [3.63, 3.8) is 0 Å². The summed E-state index contributed by atoms with van der Waals surface area (Å²) in [6.45, 7) is 2.91. The Labute approximate surface area is 174 Å². The largest absolute Gasteiger partial charge is 0.492 e. The molecule has 1 aliphatic heterocycles. The van der Waals surface area contributed by atoms with Crippen LogP contribution in [0, 0.1) is 0 Å². The molecule has 3 rings (SSSR count). The molecule has 0 fully saturated rings. The van der Waals surface area contributed by atoms with Gasteiger partial charge >= 0.3 is 0 Å². The zero-order valence-corrected chi connectivity index (χ0v) is 17.1. The second-order valence-electron chi connectivity index (χ2n) is 6.50. The van der Waals surface area contributed by atoms with E-state index < -0.39 is 0 Å². The molecule has 0 bridgehead atoms. The Kier molecular flexibility index (Phi) is 6.81. The number of fused-ring (bicyclic) bond motifs is 1. The number of hydrogen-bond acceptors (Lipinski definition) is 3. The maximum atomic E-state index is 12.5. The Bertz CT molecular complexity index is 872. The highest BCUT2D eigenvalue weighted by Gasteiger charge is 2.24. The van der Waals surface area contributed by atoms with Crippen LogP contribution in [0.5, 0.6) is 5.75 Å².